The zero-order valence-corrected chi connectivity index (χ0v) is 15.6. The summed E-state index contributed by atoms with van der Waals surface area (Å²) in [4.78, 5) is 10.8. The van der Waals surface area contributed by atoms with E-state index in [9.17, 15) is 13.2 Å². The summed E-state index contributed by atoms with van der Waals surface area (Å²) < 4.78 is 38.6. The van der Waals surface area contributed by atoms with Gasteiger partial charge in [0.1, 0.15) is 6.04 Å². The van der Waals surface area contributed by atoms with Crippen molar-refractivity contribution in [3.05, 3.63) is 0 Å². The molecule has 2 atom stereocenters. The molecule has 0 aliphatic carbocycles. The predicted molar refractivity (Wildman–Crippen MR) is 94.9 cm³/mol. The number of likely N-dealkylation sites (tertiary alicyclic amines) is 1. The molecule has 0 aromatic rings. The molecule has 0 bridgehead atoms. The Bertz CT molecular complexity index is 432. The molecule has 0 radical (unpaired) electrons. The van der Waals surface area contributed by atoms with Gasteiger partial charge in [-0.2, -0.15) is 13.2 Å². The van der Waals surface area contributed by atoms with Crippen molar-refractivity contribution in [1.29, 1.82) is 0 Å². The SMILES string of the molecule is CCNC(=NCC1CCN(CC)C1)N1CCN(C(C)C(F)(F)F)CC1. The van der Waals surface area contributed by atoms with Gasteiger partial charge in [-0.05, 0) is 39.3 Å². The molecule has 2 aliphatic rings. The van der Waals surface area contributed by atoms with Crippen molar-refractivity contribution in [3.63, 3.8) is 0 Å². The predicted octanol–water partition coefficient (Wildman–Crippen LogP) is 1.86. The van der Waals surface area contributed by atoms with E-state index in [0.717, 1.165) is 38.7 Å². The Labute approximate surface area is 149 Å². The van der Waals surface area contributed by atoms with Crippen molar-refractivity contribution in [3.8, 4) is 0 Å². The molecule has 0 spiro atoms. The quantitative estimate of drug-likeness (QED) is 0.597. The molecule has 1 N–H and O–H groups in total. The monoisotopic (exact) mass is 363 g/mol. The lowest BCUT2D eigenvalue weighted by molar-refractivity contribution is -0.181. The maximum atomic E-state index is 12.9. The lowest BCUT2D eigenvalue weighted by Crippen LogP contribution is -2.56. The van der Waals surface area contributed by atoms with Crippen molar-refractivity contribution >= 4 is 5.96 Å². The van der Waals surface area contributed by atoms with E-state index < -0.39 is 12.2 Å². The van der Waals surface area contributed by atoms with Crippen LogP contribution in [0.4, 0.5) is 13.2 Å². The molecule has 2 heterocycles. The molecule has 0 amide bonds. The summed E-state index contributed by atoms with van der Waals surface area (Å²) in [7, 11) is 0. The second kappa shape index (κ2) is 9.07. The van der Waals surface area contributed by atoms with E-state index in [2.05, 4.69) is 22.0 Å². The maximum absolute atomic E-state index is 12.9. The molecule has 2 aliphatic heterocycles. The largest absolute Gasteiger partial charge is 0.403 e. The Hall–Kier alpha value is -1.02. The zero-order chi connectivity index (χ0) is 18.4. The van der Waals surface area contributed by atoms with Gasteiger partial charge in [0, 0.05) is 45.8 Å². The van der Waals surface area contributed by atoms with Crippen molar-refractivity contribution < 1.29 is 13.2 Å². The van der Waals surface area contributed by atoms with Crippen molar-refractivity contribution in [2.24, 2.45) is 10.9 Å². The van der Waals surface area contributed by atoms with Crippen LogP contribution in [0.5, 0.6) is 0 Å². The summed E-state index contributed by atoms with van der Waals surface area (Å²) >= 11 is 0. The summed E-state index contributed by atoms with van der Waals surface area (Å²) in [6.07, 6.45) is -2.98. The summed E-state index contributed by atoms with van der Waals surface area (Å²) in [6.45, 7) is 12.3. The van der Waals surface area contributed by atoms with E-state index in [4.69, 9.17) is 4.99 Å². The third kappa shape index (κ3) is 5.74. The molecule has 0 aromatic carbocycles. The molecule has 2 unspecified atom stereocenters. The fourth-order valence-electron chi connectivity index (χ4n) is 3.52. The average molecular weight is 363 g/mol. The van der Waals surface area contributed by atoms with Crippen LogP contribution in [0.25, 0.3) is 0 Å². The summed E-state index contributed by atoms with van der Waals surface area (Å²) in [6, 6.07) is -1.38. The fraction of sp³-hybridized carbons (Fsp3) is 0.941. The van der Waals surface area contributed by atoms with Crippen LogP contribution >= 0.6 is 0 Å². The van der Waals surface area contributed by atoms with Gasteiger partial charge in [-0.3, -0.25) is 9.89 Å². The first-order valence-electron chi connectivity index (χ1n) is 9.41. The highest BCUT2D eigenvalue weighted by Crippen LogP contribution is 2.25. The number of guanidine groups is 1. The van der Waals surface area contributed by atoms with E-state index in [-0.39, 0.29) is 0 Å². The Morgan fingerprint density at radius 1 is 1.16 bits per heavy atom. The minimum Gasteiger partial charge on any atom is -0.357 e. The number of piperazine rings is 1. The second-order valence-corrected chi connectivity index (χ2v) is 6.98. The Balaban J connectivity index is 1.87. The normalized spacial score (nSPS) is 25.4. The third-order valence-electron chi connectivity index (χ3n) is 5.29. The standard InChI is InChI=1S/C17H32F3N5/c1-4-21-16(22-12-15-6-7-23(5-2)13-15)25-10-8-24(9-11-25)14(3)17(18,19)20/h14-15H,4-13H2,1-3H3,(H,21,22). The molecule has 0 aromatic heterocycles. The first-order chi connectivity index (χ1) is 11.8. The number of hydrogen-bond donors (Lipinski definition) is 1. The van der Waals surface area contributed by atoms with Gasteiger partial charge in [0.2, 0.25) is 0 Å². The minimum absolute atomic E-state index is 0.415. The Morgan fingerprint density at radius 3 is 2.36 bits per heavy atom. The van der Waals surface area contributed by atoms with Crippen molar-refractivity contribution in [2.45, 2.75) is 39.4 Å². The van der Waals surface area contributed by atoms with Crippen LogP contribution < -0.4 is 5.32 Å². The number of alkyl halides is 3. The van der Waals surface area contributed by atoms with Gasteiger partial charge >= 0.3 is 6.18 Å². The first-order valence-corrected chi connectivity index (χ1v) is 9.41. The average Bonchev–Trinajstić information content (AvgIpc) is 3.05. The number of hydrogen-bond acceptors (Lipinski definition) is 3. The van der Waals surface area contributed by atoms with Crippen LogP contribution in [0, 0.1) is 5.92 Å². The van der Waals surface area contributed by atoms with Gasteiger partial charge in [0.25, 0.3) is 0 Å². The van der Waals surface area contributed by atoms with E-state index in [1.54, 1.807) is 0 Å². The van der Waals surface area contributed by atoms with Gasteiger partial charge in [0.05, 0.1) is 0 Å². The maximum Gasteiger partial charge on any atom is 0.403 e. The van der Waals surface area contributed by atoms with Gasteiger partial charge in [0.15, 0.2) is 5.96 Å². The molecule has 25 heavy (non-hydrogen) atoms. The van der Waals surface area contributed by atoms with E-state index in [1.807, 2.05) is 6.92 Å². The van der Waals surface area contributed by atoms with E-state index >= 15 is 0 Å². The summed E-state index contributed by atoms with van der Waals surface area (Å²) in [5.41, 5.74) is 0. The smallest absolute Gasteiger partial charge is 0.357 e. The third-order valence-corrected chi connectivity index (χ3v) is 5.29. The van der Waals surface area contributed by atoms with E-state index in [0.29, 0.717) is 32.1 Å². The molecule has 2 saturated heterocycles. The summed E-state index contributed by atoms with van der Waals surface area (Å²) in [5, 5.41) is 3.30. The molecular formula is C17H32F3N5. The van der Waals surface area contributed by atoms with Crippen LogP contribution in [0.15, 0.2) is 4.99 Å². The topological polar surface area (TPSA) is 34.1 Å². The highest BCUT2D eigenvalue weighted by molar-refractivity contribution is 5.80. The number of halogens is 3. The fourth-order valence-corrected chi connectivity index (χ4v) is 3.52. The van der Waals surface area contributed by atoms with Crippen LogP contribution in [0.2, 0.25) is 0 Å². The van der Waals surface area contributed by atoms with Crippen molar-refractivity contribution in [2.75, 3.05) is 58.9 Å². The molecule has 2 fully saturated rings. The molecular weight excluding hydrogens is 331 g/mol. The van der Waals surface area contributed by atoms with Gasteiger partial charge < -0.3 is 15.1 Å². The second-order valence-electron chi connectivity index (χ2n) is 6.98. The molecule has 8 heteroatoms. The number of aliphatic imine (C=N–C) groups is 1. The van der Waals surface area contributed by atoms with Gasteiger partial charge in [-0.1, -0.05) is 6.92 Å². The molecule has 146 valence electrons. The lowest BCUT2D eigenvalue weighted by atomic mass is 10.1. The van der Waals surface area contributed by atoms with Crippen molar-refractivity contribution in [1.82, 2.24) is 20.0 Å². The lowest BCUT2D eigenvalue weighted by Gasteiger charge is -2.39. The van der Waals surface area contributed by atoms with Crippen LogP contribution in [-0.2, 0) is 0 Å². The number of rotatable bonds is 5. The van der Waals surface area contributed by atoms with Gasteiger partial charge in [-0.15, -0.1) is 0 Å². The van der Waals surface area contributed by atoms with Crippen LogP contribution in [-0.4, -0.2) is 91.8 Å². The van der Waals surface area contributed by atoms with E-state index in [1.165, 1.54) is 18.2 Å². The first kappa shape index (κ1) is 20.3. The molecule has 0 saturated carbocycles. The Kier molecular flexibility index (Phi) is 7.37. The number of nitrogens with one attached hydrogen (secondary N) is 1. The number of nitrogens with zero attached hydrogens (tertiary/aromatic N) is 4. The molecule has 5 nitrogen and oxygen atoms in total. The highest BCUT2D eigenvalue weighted by atomic mass is 19.4. The zero-order valence-electron chi connectivity index (χ0n) is 15.6. The minimum atomic E-state index is -4.16. The van der Waals surface area contributed by atoms with Crippen LogP contribution in [0.1, 0.15) is 27.2 Å². The highest BCUT2D eigenvalue weighted by Gasteiger charge is 2.41. The summed E-state index contributed by atoms with van der Waals surface area (Å²) in [5.74, 6) is 1.43. The van der Waals surface area contributed by atoms with Gasteiger partial charge in [-0.25, -0.2) is 0 Å². The van der Waals surface area contributed by atoms with Crippen LogP contribution in [0.3, 0.4) is 0 Å². The molecule has 2 rings (SSSR count). The Morgan fingerprint density at radius 2 is 1.84 bits per heavy atom.